The minimum absolute atomic E-state index is 0.158. The lowest BCUT2D eigenvalue weighted by Crippen LogP contribution is -2.41. The number of hydrogen-bond acceptors (Lipinski definition) is 5. The summed E-state index contributed by atoms with van der Waals surface area (Å²) in [6.45, 7) is 2.14. The van der Waals surface area contributed by atoms with Crippen LogP contribution >= 0.6 is 11.3 Å². The number of rotatable bonds is 3. The molecule has 3 unspecified atom stereocenters. The third kappa shape index (κ3) is 2.52. The van der Waals surface area contributed by atoms with Crippen LogP contribution in [-0.2, 0) is 9.47 Å². The van der Waals surface area contributed by atoms with Crippen molar-refractivity contribution in [3.05, 3.63) is 16.3 Å². The second-order valence-corrected chi connectivity index (χ2v) is 6.33. The molecule has 1 spiro atoms. The minimum Gasteiger partial charge on any atom is -0.495 e. The first-order chi connectivity index (χ1) is 9.24. The predicted molar refractivity (Wildman–Crippen MR) is 72.7 cm³/mol. The highest BCUT2D eigenvalue weighted by atomic mass is 32.1. The quantitative estimate of drug-likeness (QED) is 0.926. The van der Waals surface area contributed by atoms with Gasteiger partial charge in [0.15, 0.2) is 0 Å². The second kappa shape index (κ2) is 5.40. The second-order valence-electron chi connectivity index (χ2n) is 5.39. The monoisotopic (exact) mass is 284 g/mol. The van der Waals surface area contributed by atoms with Crippen molar-refractivity contribution in [3.8, 4) is 5.75 Å². The lowest BCUT2D eigenvalue weighted by Gasteiger charge is -2.38. The highest BCUT2D eigenvalue weighted by Crippen LogP contribution is 2.44. The molecule has 106 valence electrons. The van der Waals surface area contributed by atoms with Gasteiger partial charge in [-0.3, -0.25) is 0 Å². The zero-order valence-electron chi connectivity index (χ0n) is 11.1. The van der Waals surface area contributed by atoms with E-state index in [0.717, 1.165) is 36.5 Å². The smallest absolute Gasteiger partial charge is 0.135 e. The highest BCUT2D eigenvalue weighted by molar-refractivity contribution is 7.10. The molecule has 2 aliphatic heterocycles. The summed E-state index contributed by atoms with van der Waals surface area (Å²) in [6, 6.07) is 1.91. The van der Waals surface area contributed by atoms with Gasteiger partial charge < -0.3 is 19.3 Å². The van der Waals surface area contributed by atoms with E-state index in [-0.39, 0.29) is 11.5 Å². The van der Waals surface area contributed by atoms with Crippen LogP contribution in [0.1, 0.15) is 30.2 Å². The van der Waals surface area contributed by atoms with Gasteiger partial charge in [-0.25, -0.2) is 0 Å². The number of thiophene rings is 1. The van der Waals surface area contributed by atoms with Crippen LogP contribution in [-0.4, -0.2) is 37.6 Å². The fourth-order valence-corrected chi connectivity index (χ4v) is 4.04. The van der Waals surface area contributed by atoms with Gasteiger partial charge >= 0.3 is 0 Å². The average Bonchev–Trinajstić information content (AvgIpc) is 3.07. The molecule has 0 bridgehead atoms. The molecule has 0 saturated carbocycles. The van der Waals surface area contributed by atoms with Crippen LogP contribution in [0.5, 0.6) is 5.75 Å². The van der Waals surface area contributed by atoms with E-state index < -0.39 is 6.10 Å². The van der Waals surface area contributed by atoms with E-state index in [1.165, 1.54) is 0 Å². The molecule has 3 atom stereocenters. The maximum absolute atomic E-state index is 10.6. The van der Waals surface area contributed by atoms with Crippen molar-refractivity contribution in [2.45, 2.75) is 31.0 Å². The molecular weight excluding hydrogens is 264 g/mol. The van der Waals surface area contributed by atoms with Crippen molar-refractivity contribution in [3.63, 3.8) is 0 Å². The van der Waals surface area contributed by atoms with Gasteiger partial charge in [0.25, 0.3) is 0 Å². The first-order valence-electron chi connectivity index (χ1n) is 6.75. The molecule has 2 fully saturated rings. The maximum Gasteiger partial charge on any atom is 0.135 e. The SMILES string of the molecule is COc1ccsc1C(O)C1CCOC2(CCOC2)C1. The van der Waals surface area contributed by atoms with E-state index in [1.807, 2.05) is 11.4 Å². The summed E-state index contributed by atoms with van der Waals surface area (Å²) in [5.41, 5.74) is -0.158. The van der Waals surface area contributed by atoms with E-state index >= 15 is 0 Å². The molecule has 3 heterocycles. The van der Waals surface area contributed by atoms with Crippen molar-refractivity contribution >= 4 is 11.3 Å². The Kier molecular flexibility index (Phi) is 3.80. The van der Waals surface area contributed by atoms with Crippen LogP contribution in [0.4, 0.5) is 0 Å². The molecule has 4 nitrogen and oxygen atoms in total. The molecule has 19 heavy (non-hydrogen) atoms. The van der Waals surface area contributed by atoms with Gasteiger partial charge in [-0.05, 0) is 30.2 Å². The highest BCUT2D eigenvalue weighted by Gasteiger charge is 2.43. The fraction of sp³-hybridized carbons (Fsp3) is 0.714. The van der Waals surface area contributed by atoms with Crippen LogP contribution in [0.2, 0.25) is 0 Å². The lowest BCUT2D eigenvalue weighted by molar-refractivity contribution is -0.117. The number of ether oxygens (including phenoxy) is 3. The summed E-state index contributed by atoms with van der Waals surface area (Å²) in [4.78, 5) is 0.934. The van der Waals surface area contributed by atoms with Crippen LogP contribution in [0.25, 0.3) is 0 Å². The number of methoxy groups -OCH3 is 1. The Morgan fingerprint density at radius 3 is 3.16 bits per heavy atom. The summed E-state index contributed by atoms with van der Waals surface area (Å²) in [7, 11) is 1.65. The van der Waals surface area contributed by atoms with E-state index in [9.17, 15) is 5.11 Å². The molecule has 1 aromatic rings. The topological polar surface area (TPSA) is 47.9 Å². The fourth-order valence-electron chi connectivity index (χ4n) is 3.11. The molecule has 0 aromatic carbocycles. The summed E-state index contributed by atoms with van der Waals surface area (Å²) in [5.74, 6) is 1.02. The van der Waals surface area contributed by atoms with Gasteiger partial charge in [-0.2, -0.15) is 0 Å². The largest absolute Gasteiger partial charge is 0.495 e. The Bertz CT molecular complexity index is 425. The van der Waals surface area contributed by atoms with Gasteiger partial charge in [0, 0.05) is 19.6 Å². The van der Waals surface area contributed by atoms with Crippen LogP contribution in [0, 0.1) is 5.92 Å². The summed E-state index contributed by atoms with van der Waals surface area (Å²) in [5, 5.41) is 12.6. The van der Waals surface area contributed by atoms with Crippen LogP contribution in [0.15, 0.2) is 11.4 Å². The molecule has 2 saturated heterocycles. The maximum atomic E-state index is 10.6. The molecule has 2 aliphatic rings. The number of aliphatic hydroxyl groups excluding tert-OH is 1. The normalized spacial score (nSPS) is 32.6. The van der Waals surface area contributed by atoms with Gasteiger partial charge in [-0.1, -0.05) is 0 Å². The first-order valence-corrected chi connectivity index (χ1v) is 7.63. The predicted octanol–water partition coefficient (Wildman–Crippen LogP) is 2.38. The summed E-state index contributed by atoms with van der Waals surface area (Å²) in [6.07, 6.45) is 2.24. The molecule has 0 amide bonds. The zero-order valence-corrected chi connectivity index (χ0v) is 11.9. The van der Waals surface area contributed by atoms with Gasteiger partial charge in [0.1, 0.15) is 5.75 Å². The Hall–Kier alpha value is -0.620. The zero-order chi connectivity index (χ0) is 13.3. The van der Waals surface area contributed by atoms with Gasteiger partial charge in [-0.15, -0.1) is 11.3 Å². The summed E-state index contributed by atoms with van der Waals surface area (Å²) < 4.78 is 16.7. The molecule has 5 heteroatoms. The van der Waals surface area contributed by atoms with Crippen molar-refractivity contribution in [2.24, 2.45) is 5.92 Å². The van der Waals surface area contributed by atoms with Gasteiger partial charge in [0.05, 0.1) is 30.3 Å². The number of hydrogen-bond donors (Lipinski definition) is 1. The lowest BCUT2D eigenvalue weighted by atomic mass is 9.81. The van der Waals surface area contributed by atoms with Gasteiger partial charge in [0.2, 0.25) is 0 Å². The first kappa shape index (κ1) is 13.4. The van der Waals surface area contributed by atoms with E-state index in [0.29, 0.717) is 13.2 Å². The van der Waals surface area contributed by atoms with E-state index in [2.05, 4.69) is 0 Å². The molecule has 1 N–H and O–H groups in total. The minimum atomic E-state index is -0.462. The van der Waals surface area contributed by atoms with Crippen LogP contribution in [0.3, 0.4) is 0 Å². The molecule has 3 rings (SSSR count). The Balaban J connectivity index is 1.74. The van der Waals surface area contributed by atoms with Crippen molar-refractivity contribution in [1.29, 1.82) is 0 Å². The average molecular weight is 284 g/mol. The Morgan fingerprint density at radius 2 is 2.42 bits per heavy atom. The third-order valence-corrected chi connectivity index (χ3v) is 5.16. The van der Waals surface area contributed by atoms with Crippen molar-refractivity contribution < 1.29 is 19.3 Å². The standard InChI is InChI=1S/C14H20O4S/c1-16-11-3-7-19-13(11)12(15)10-2-5-18-14(8-10)4-6-17-9-14/h3,7,10,12,15H,2,4-6,8-9H2,1H3. The Labute approximate surface area is 117 Å². The Morgan fingerprint density at radius 1 is 1.53 bits per heavy atom. The number of aliphatic hydroxyl groups is 1. The molecular formula is C14H20O4S. The molecule has 0 radical (unpaired) electrons. The molecule has 1 aromatic heterocycles. The third-order valence-electron chi connectivity index (χ3n) is 4.19. The van der Waals surface area contributed by atoms with Crippen LogP contribution < -0.4 is 4.74 Å². The van der Waals surface area contributed by atoms with Crippen molar-refractivity contribution in [2.75, 3.05) is 26.9 Å². The van der Waals surface area contributed by atoms with Crippen molar-refractivity contribution in [1.82, 2.24) is 0 Å². The summed E-state index contributed by atoms with van der Waals surface area (Å²) >= 11 is 1.56. The van der Waals surface area contributed by atoms with E-state index in [1.54, 1.807) is 18.4 Å². The van der Waals surface area contributed by atoms with E-state index in [4.69, 9.17) is 14.2 Å². The molecule has 0 aliphatic carbocycles.